The molecule has 1 aliphatic heterocycles. The Labute approximate surface area is 216 Å². The van der Waals surface area contributed by atoms with Crippen LogP contribution in [0.25, 0.3) is 10.9 Å². The molecule has 180 valence electrons. The molecule has 5 rings (SSSR count). The number of hydrogen-bond donors (Lipinski definition) is 3. The first kappa shape index (κ1) is 24.4. The molecule has 8 nitrogen and oxygen atoms in total. The van der Waals surface area contributed by atoms with Crippen molar-refractivity contribution < 1.29 is 9.59 Å². The molecular weight excluding hydrogens is 543 g/mol. The Hall–Kier alpha value is -2.69. The minimum absolute atomic E-state index is 0. The van der Waals surface area contributed by atoms with Crippen molar-refractivity contribution in [3.63, 3.8) is 0 Å². The number of carbonyl (C=O) groups excluding carboxylic acids is 2. The largest absolute Gasteiger partial charge is 0.368 e. The summed E-state index contributed by atoms with van der Waals surface area (Å²) in [7, 11) is 0. The van der Waals surface area contributed by atoms with Gasteiger partial charge in [-0.3, -0.25) is 19.5 Å². The highest BCUT2D eigenvalue weighted by molar-refractivity contribution is 14.0. The highest BCUT2D eigenvalue weighted by Gasteiger charge is 2.58. The van der Waals surface area contributed by atoms with Gasteiger partial charge in [0, 0.05) is 31.6 Å². The first-order chi connectivity index (χ1) is 16.2. The third-order valence-electron chi connectivity index (χ3n) is 6.82. The zero-order valence-electron chi connectivity index (χ0n) is 19.2. The average Bonchev–Trinajstić information content (AvgIpc) is 3.51. The van der Waals surface area contributed by atoms with E-state index in [9.17, 15) is 9.59 Å². The molecule has 1 saturated carbocycles. The summed E-state index contributed by atoms with van der Waals surface area (Å²) in [6, 6.07) is 12.0. The number of aliphatic imine (C=N–C) groups is 1. The number of imide groups is 1. The van der Waals surface area contributed by atoms with E-state index >= 15 is 0 Å². The Balaban J connectivity index is 0.00000274. The van der Waals surface area contributed by atoms with Crippen molar-refractivity contribution in [3.05, 3.63) is 48.6 Å². The summed E-state index contributed by atoms with van der Waals surface area (Å²) < 4.78 is 0. The molecule has 2 amide bonds. The average molecular weight is 574 g/mol. The number of para-hydroxylation sites is 1. The minimum atomic E-state index is -0.135. The zero-order valence-corrected chi connectivity index (χ0v) is 21.6. The van der Waals surface area contributed by atoms with Crippen LogP contribution in [0.3, 0.4) is 0 Å². The number of aromatic nitrogens is 1. The van der Waals surface area contributed by atoms with Gasteiger partial charge in [-0.15, -0.1) is 24.0 Å². The van der Waals surface area contributed by atoms with Crippen molar-refractivity contribution in [3.8, 4) is 0 Å². The summed E-state index contributed by atoms with van der Waals surface area (Å²) in [5.74, 6) is 1.72. The Kier molecular flexibility index (Phi) is 7.70. The molecule has 3 N–H and O–H groups in total. The molecule has 1 saturated heterocycles. The lowest BCUT2D eigenvalue weighted by molar-refractivity contribution is -0.140. The van der Waals surface area contributed by atoms with Gasteiger partial charge in [-0.2, -0.15) is 0 Å². The number of halogens is 1. The molecule has 2 fully saturated rings. The first-order valence-electron chi connectivity index (χ1n) is 11.8. The van der Waals surface area contributed by atoms with Crippen molar-refractivity contribution in [2.75, 3.05) is 38.0 Å². The molecule has 1 aromatic heterocycles. The molecule has 2 heterocycles. The molecule has 1 aromatic carbocycles. The van der Waals surface area contributed by atoms with E-state index in [1.165, 1.54) is 4.90 Å². The number of pyridine rings is 1. The maximum Gasteiger partial charge on any atom is 0.233 e. The fraction of sp³-hybridized carbons (Fsp3) is 0.440. The number of rotatable bonds is 8. The number of allylic oxidation sites excluding steroid dienone is 2. The van der Waals surface area contributed by atoms with E-state index < -0.39 is 0 Å². The van der Waals surface area contributed by atoms with Crippen molar-refractivity contribution in [1.82, 2.24) is 20.5 Å². The van der Waals surface area contributed by atoms with Gasteiger partial charge in [0.1, 0.15) is 5.82 Å². The van der Waals surface area contributed by atoms with Gasteiger partial charge in [-0.05, 0) is 43.4 Å². The van der Waals surface area contributed by atoms with Gasteiger partial charge in [0.2, 0.25) is 11.8 Å². The van der Waals surface area contributed by atoms with Gasteiger partial charge in [0.25, 0.3) is 0 Å². The smallest absolute Gasteiger partial charge is 0.233 e. The third-order valence-corrected chi connectivity index (χ3v) is 6.82. The fourth-order valence-electron chi connectivity index (χ4n) is 5.33. The van der Waals surface area contributed by atoms with Crippen molar-refractivity contribution >= 4 is 58.5 Å². The number of nitrogens with one attached hydrogen (secondary N) is 3. The predicted octanol–water partition coefficient (Wildman–Crippen LogP) is 2.63. The van der Waals surface area contributed by atoms with E-state index in [4.69, 9.17) is 0 Å². The van der Waals surface area contributed by atoms with E-state index in [0.717, 1.165) is 29.7 Å². The highest BCUT2D eigenvalue weighted by atomic mass is 127. The van der Waals surface area contributed by atoms with Crippen LogP contribution in [-0.4, -0.2) is 60.4 Å². The molecule has 4 unspecified atom stereocenters. The summed E-state index contributed by atoms with van der Waals surface area (Å²) >= 11 is 0. The van der Waals surface area contributed by atoms with Gasteiger partial charge >= 0.3 is 0 Å². The van der Waals surface area contributed by atoms with Crippen LogP contribution in [0.15, 0.2) is 53.5 Å². The normalized spacial score (nSPS) is 25.0. The van der Waals surface area contributed by atoms with Gasteiger partial charge in [-0.25, -0.2) is 4.98 Å². The molecular formula is C25H31IN6O2. The van der Waals surface area contributed by atoms with Crippen LogP contribution in [0.4, 0.5) is 5.82 Å². The van der Waals surface area contributed by atoms with Crippen LogP contribution in [0.1, 0.15) is 13.3 Å². The fourth-order valence-corrected chi connectivity index (χ4v) is 5.33. The van der Waals surface area contributed by atoms with Crippen LogP contribution in [0, 0.1) is 23.7 Å². The molecule has 0 spiro atoms. The van der Waals surface area contributed by atoms with Crippen molar-refractivity contribution in [2.24, 2.45) is 28.7 Å². The number of likely N-dealkylation sites (tertiary alicyclic amines) is 1. The number of benzene rings is 1. The number of fused-ring (bicyclic) bond motifs is 6. The van der Waals surface area contributed by atoms with E-state index in [0.29, 0.717) is 32.1 Å². The van der Waals surface area contributed by atoms with Gasteiger partial charge in [0.05, 0.1) is 23.9 Å². The highest BCUT2D eigenvalue weighted by Crippen LogP contribution is 2.52. The van der Waals surface area contributed by atoms with Crippen LogP contribution in [0.5, 0.6) is 0 Å². The van der Waals surface area contributed by atoms with Crippen molar-refractivity contribution in [2.45, 2.75) is 13.3 Å². The molecule has 34 heavy (non-hydrogen) atoms. The summed E-state index contributed by atoms with van der Waals surface area (Å²) in [5, 5.41) is 10.9. The standard InChI is InChI=1S/C25H30N6O2.HI/c1-2-26-25(28-12-11-27-20-10-9-16-5-3-4-6-19(16)30-20)29-13-14-31-23(32)21-17-7-8-18(15-17)22(21)24(31)33;/h3-10,17-18,21-22H,2,11-15H2,1H3,(H,27,30)(H2,26,28,29);1H. The summed E-state index contributed by atoms with van der Waals surface area (Å²) in [5.41, 5.74) is 0.958. The number of nitrogens with zero attached hydrogens (tertiary/aromatic N) is 3. The summed E-state index contributed by atoms with van der Waals surface area (Å²) in [6.45, 7) is 4.78. The number of guanidine groups is 1. The van der Waals surface area contributed by atoms with Crippen LogP contribution < -0.4 is 16.0 Å². The SMILES string of the molecule is CCNC(=NCCNc1ccc2ccccc2n1)NCCN1C(=O)C2C3C=CC(C3)C2C1=O.I. The Bertz CT molecular complexity index is 1090. The summed E-state index contributed by atoms with van der Waals surface area (Å²) in [6.07, 6.45) is 5.20. The zero-order chi connectivity index (χ0) is 22.8. The van der Waals surface area contributed by atoms with Gasteiger partial charge in [-0.1, -0.05) is 30.4 Å². The second-order valence-electron chi connectivity index (χ2n) is 8.83. The van der Waals surface area contributed by atoms with E-state index in [-0.39, 0.29) is 59.5 Å². The lowest BCUT2D eigenvalue weighted by Crippen LogP contribution is -2.43. The molecule has 2 aromatic rings. The second-order valence-corrected chi connectivity index (χ2v) is 8.83. The Morgan fingerprint density at radius 2 is 1.76 bits per heavy atom. The molecule has 9 heteroatoms. The number of amides is 2. The molecule has 2 aliphatic carbocycles. The Morgan fingerprint density at radius 3 is 2.50 bits per heavy atom. The first-order valence-corrected chi connectivity index (χ1v) is 11.8. The van der Waals surface area contributed by atoms with Crippen LogP contribution in [0.2, 0.25) is 0 Å². The van der Waals surface area contributed by atoms with Crippen LogP contribution >= 0.6 is 24.0 Å². The second kappa shape index (κ2) is 10.7. The molecule has 4 atom stereocenters. The molecule has 0 radical (unpaired) electrons. The lowest BCUT2D eigenvalue weighted by Gasteiger charge is -2.18. The Morgan fingerprint density at radius 1 is 1.03 bits per heavy atom. The van der Waals surface area contributed by atoms with E-state index in [1.807, 2.05) is 37.3 Å². The summed E-state index contributed by atoms with van der Waals surface area (Å²) in [4.78, 5) is 36.2. The number of anilines is 1. The minimum Gasteiger partial charge on any atom is -0.368 e. The van der Waals surface area contributed by atoms with E-state index in [2.05, 4.69) is 44.1 Å². The molecule has 3 aliphatic rings. The third kappa shape index (κ3) is 4.75. The number of carbonyl (C=O) groups is 2. The lowest BCUT2D eigenvalue weighted by atomic mass is 9.85. The van der Waals surface area contributed by atoms with Crippen molar-refractivity contribution in [1.29, 1.82) is 0 Å². The maximum absolute atomic E-state index is 12.8. The van der Waals surface area contributed by atoms with E-state index in [1.54, 1.807) is 0 Å². The topological polar surface area (TPSA) is 98.7 Å². The maximum atomic E-state index is 12.8. The molecule has 2 bridgehead atoms. The van der Waals surface area contributed by atoms with Gasteiger partial charge < -0.3 is 16.0 Å². The quantitative estimate of drug-likeness (QED) is 0.112. The monoisotopic (exact) mass is 574 g/mol. The van der Waals surface area contributed by atoms with Crippen LogP contribution in [-0.2, 0) is 9.59 Å². The number of hydrogen-bond acceptors (Lipinski definition) is 5. The predicted molar refractivity (Wildman–Crippen MR) is 144 cm³/mol. The van der Waals surface area contributed by atoms with Gasteiger partial charge in [0.15, 0.2) is 5.96 Å².